The molecule has 2 rings (SSSR count). The lowest BCUT2D eigenvalue weighted by Gasteiger charge is -2.08. The molecule has 6 heteroatoms. The summed E-state index contributed by atoms with van der Waals surface area (Å²) in [6.07, 6.45) is 0.627. The summed E-state index contributed by atoms with van der Waals surface area (Å²) >= 11 is 12.0. The van der Waals surface area contributed by atoms with Gasteiger partial charge < -0.3 is 10.6 Å². The average Bonchev–Trinajstić information content (AvgIpc) is 2.55. The first-order valence-electron chi connectivity index (χ1n) is 7.51. The fraction of sp³-hybridized carbons (Fsp3) is 0.222. The first-order valence-corrected chi connectivity index (χ1v) is 8.27. The zero-order valence-corrected chi connectivity index (χ0v) is 14.7. The average molecular weight is 365 g/mol. The van der Waals surface area contributed by atoms with Crippen LogP contribution in [0.15, 0.2) is 42.5 Å². The van der Waals surface area contributed by atoms with Crippen LogP contribution in [0.4, 0.5) is 0 Å². The number of carbonyl (C=O) groups excluding carboxylic acids is 2. The van der Waals surface area contributed by atoms with Gasteiger partial charge in [0.1, 0.15) is 0 Å². The minimum absolute atomic E-state index is 0.0855. The van der Waals surface area contributed by atoms with Gasteiger partial charge in [-0.15, -0.1) is 0 Å². The Morgan fingerprint density at radius 3 is 2.33 bits per heavy atom. The molecule has 2 amide bonds. The molecule has 0 radical (unpaired) electrons. The van der Waals surface area contributed by atoms with Crippen LogP contribution in [0.25, 0.3) is 0 Å². The van der Waals surface area contributed by atoms with Gasteiger partial charge in [-0.1, -0.05) is 41.4 Å². The van der Waals surface area contributed by atoms with Crippen LogP contribution < -0.4 is 10.6 Å². The van der Waals surface area contributed by atoms with Crippen molar-refractivity contribution in [1.82, 2.24) is 10.6 Å². The highest BCUT2D eigenvalue weighted by Gasteiger charge is 2.06. The molecule has 0 aliphatic heterocycles. The third-order valence-corrected chi connectivity index (χ3v) is 4.04. The van der Waals surface area contributed by atoms with E-state index in [2.05, 4.69) is 10.6 Å². The van der Waals surface area contributed by atoms with Gasteiger partial charge in [-0.25, -0.2) is 0 Å². The number of rotatable bonds is 6. The van der Waals surface area contributed by atoms with Gasteiger partial charge in [0.15, 0.2) is 0 Å². The second-order valence-corrected chi connectivity index (χ2v) is 6.19. The number of nitrogens with one attached hydrogen (secondary N) is 2. The zero-order chi connectivity index (χ0) is 17.5. The molecule has 0 aliphatic rings. The van der Waals surface area contributed by atoms with Crippen LogP contribution in [0, 0.1) is 0 Å². The second kappa shape index (κ2) is 8.71. The van der Waals surface area contributed by atoms with Crippen molar-refractivity contribution in [2.75, 3.05) is 6.54 Å². The Hall–Kier alpha value is -2.04. The van der Waals surface area contributed by atoms with Gasteiger partial charge in [-0.05, 0) is 41.8 Å². The zero-order valence-electron chi connectivity index (χ0n) is 13.2. The molecule has 2 aromatic rings. The Morgan fingerprint density at radius 1 is 1.00 bits per heavy atom. The molecular weight excluding hydrogens is 347 g/mol. The van der Waals surface area contributed by atoms with E-state index in [9.17, 15) is 9.59 Å². The van der Waals surface area contributed by atoms with E-state index in [0.717, 1.165) is 11.1 Å². The number of hydrogen-bond acceptors (Lipinski definition) is 2. The summed E-state index contributed by atoms with van der Waals surface area (Å²) in [4.78, 5) is 23.0. The van der Waals surface area contributed by atoms with Crippen LogP contribution in [0.1, 0.15) is 28.4 Å². The van der Waals surface area contributed by atoms with Crippen molar-refractivity contribution in [3.63, 3.8) is 0 Å². The molecule has 0 saturated heterocycles. The Balaban J connectivity index is 1.84. The van der Waals surface area contributed by atoms with Gasteiger partial charge in [-0.2, -0.15) is 0 Å². The lowest BCUT2D eigenvalue weighted by Crippen LogP contribution is -2.25. The quantitative estimate of drug-likeness (QED) is 0.822. The van der Waals surface area contributed by atoms with Crippen molar-refractivity contribution in [3.05, 3.63) is 69.2 Å². The maximum Gasteiger partial charge on any atom is 0.251 e. The Labute approximate surface area is 151 Å². The number of carbonyl (C=O) groups is 2. The van der Waals surface area contributed by atoms with Crippen molar-refractivity contribution in [3.8, 4) is 0 Å². The summed E-state index contributed by atoms with van der Waals surface area (Å²) in [7, 11) is 0. The van der Waals surface area contributed by atoms with Crippen molar-refractivity contribution >= 4 is 35.0 Å². The monoisotopic (exact) mass is 364 g/mol. The Morgan fingerprint density at radius 2 is 1.71 bits per heavy atom. The number of hydrogen-bond donors (Lipinski definition) is 2. The molecule has 0 heterocycles. The molecular formula is C18H18Cl2N2O2. The van der Waals surface area contributed by atoms with E-state index in [-0.39, 0.29) is 11.8 Å². The van der Waals surface area contributed by atoms with Gasteiger partial charge >= 0.3 is 0 Å². The Kier molecular flexibility index (Phi) is 6.64. The van der Waals surface area contributed by atoms with Gasteiger partial charge in [-0.3, -0.25) is 9.59 Å². The van der Waals surface area contributed by atoms with Crippen molar-refractivity contribution < 1.29 is 9.59 Å². The molecule has 2 N–H and O–H groups in total. The van der Waals surface area contributed by atoms with Gasteiger partial charge in [0.05, 0.1) is 0 Å². The van der Waals surface area contributed by atoms with E-state index in [4.69, 9.17) is 23.2 Å². The fourth-order valence-corrected chi connectivity index (χ4v) is 2.64. The molecule has 2 aromatic carbocycles. The van der Waals surface area contributed by atoms with Crippen molar-refractivity contribution in [1.29, 1.82) is 0 Å². The van der Waals surface area contributed by atoms with Crippen LogP contribution >= 0.6 is 23.2 Å². The van der Waals surface area contributed by atoms with Crippen LogP contribution in [-0.4, -0.2) is 18.4 Å². The van der Waals surface area contributed by atoms with Crippen LogP contribution in [-0.2, 0) is 17.8 Å². The third-order valence-electron chi connectivity index (χ3n) is 3.45. The molecule has 4 nitrogen and oxygen atoms in total. The third kappa shape index (κ3) is 5.55. The minimum atomic E-state index is -0.147. The number of halogens is 2. The smallest absolute Gasteiger partial charge is 0.251 e. The standard InChI is InChI=1S/C18H18Cl2N2O2/c1-12(23)22-11-13-2-4-15(5-3-13)18(24)21-9-8-14-6-7-16(19)10-17(14)20/h2-7,10H,8-9,11H2,1H3,(H,21,24)(H,22,23). The molecule has 126 valence electrons. The van der Waals surface area contributed by atoms with Crippen molar-refractivity contribution in [2.45, 2.75) is 19.9 Å². The molecule has 0 atom stereocenters. The molecule has 0 unspecified atom stereocenters. The SMILES string of the molecule is CC(=O)NCc1ccc(C(=O)NCCc2ccc(Cl)cc2Cl)cc1. The molecule has 0 fully saturated rings. The first-order chi connectivity index (χ1) is 11.5. The summed E-state index contributed by atoms with van der Waals surface area (Å²) in [5.74, 6) is -0.233. The molecule has 24 heavy (non-hydrogen) atoms. The summed E-state index contributed by atoms with van der Waals surface area (Å²) in [5, 5.41) is 6.76. The lowest BCUT2D eigenvalue weighted by atomic mass is 10.1. The lowest BCUT2D eigenvalue weighted by molar-refractivity contribution is -0.119. The topological polar surface area (TPSA) is 58.2 Å². The second-order valence-electron chi connectivity index (χ2n) is 5.35. The highest BCUT2D eigenvalue weighted by molar-refractivity contribution is 6.35. The van der Waals surface area contributed by atoms with E-state index in [1.807, 2.05) is 18.2 Å². The highest BCUT2D eigenvalue weighted by Crippen LogP contribution is 2.21. The van der Waals surface area contributed by atoms with Crippen LogP contribution in [0.5, 0.6) is 0 Å². The van der Waals surface area contributed by atoms with E-state index in [0.29, 0.717) is 35.1 Å². The molecule has 0 bridgehead atoms. The van der Waals surface area contributed by atoms with E-state index in [1.165, 1.54) is 6.92 Å². The molecule has 0 aliphatic carbocycles. The van der Waals surface area contributed by atoms with Crippen LogP contribution in [0.3, 0.4) is 0 Å². The largest absolute Gasteiger partial charge is 0.352 e. The van der Waals surface area contributed by atoms with Gasteiger partial charge in [0.2, 0.25) is 5.91 Å². The summed E-state index contributed by atoms with van der Waals surface area (Å²) in [5.41, 5.74) is 2.45. The highest BCUT2D eigenvalue weighted by atomic mass is 35.5. The maximum atomic E-state index is 12.1. The summed E-state index contributed by atoms with van der Waals surface area (Å²) < 4.78 is 0. The maximum absolute atomic E-state index is 12.1. The van der Waals surface area contributed by atoms with Gasteiger partial charge in [0.25, 0.3) is 5.91 Å². The molecule has 0 saturated carbocycles. The number of amides is 2. The molecule has 0 aromatic heterocycles. The van der Waals surface area contributed by atoms with E-state index >= 15 is 0 Å². The summed E-state index contributed by atoms with van der Waals surface area (Å²) in [6, 6.07) is 12.4. The predicted octanol–water partition coefficient (Wildman–Crippen LogP) is 3.60. The fourth-order valence-electron chi connectivity index (χ4n) is 2.14. The van der Waals surface area contributed by atoms with Crippen molar-refractivity contribution in [2.24, 2.45) is 0 Å². The van der Waals surface area contributed by atoms with Gasteiger partial charge in [0, 0.05) is 35.6 Å². The minimum Gasteiger partial charge on any atom is -0.352 e. The summed E-state index contributed by atoms with van der Waals surface area (Å²) in [6.45, 7) is 2.40. The van der Waals surface area contributed by atoms with E-state index < -0.39 is 0 Å². The van der Waals surface area contributed by atoms with E-state index in [1.54, 1.807) is 24.3 Å². The predicted molar refractivity (Wildman–Crippen MR) is 96.5 cm³/mol. The Bertz CT molecular complexity index is 730. The first kappa shape index (κ1) is 18.3. The van der Waals surface area contributed by atoms with Crippen LogP contribution in [0.2, 0.25) is 10.0 Å². The molecule has 0 spiro atoms. The normalized spacial score (nSPS) is 10.3. The number of benzene rings is 2.